The fraction of sp³-hybridized carbons (Fsp3) is 0.286. The minimum Gasteiger partial charge on any atom is -0.464 e. The molecule has 0 aliphatic carbocycles. The number of nitrogens with one attached hydrogen (secondary N) is 1. The van der Waals surface area contributed by atoms with E-state index in [0.29, 0.717) is 13.2 Å². The Labute approximate surface area is 132 Å². The van der Waals surface area contributed by atoms with Crippen molar-refractivity contribution in [2.75, 3.05) is 20.3 Å². The van der Waals surface area contributed by atoms with E-state index in [9.17, 15) is 14.9 Å². The van der Waals surface area contributed by atoms with Gasteiger partial charge in [-0.3, -0.25) is 14.9 Å². The molecule has 0 unspecified atom stereocenters. The molecule has 1 aromatic heterocycles. The van der Waals surface area contributed by atoms with Gasteiger partial charge in [-0.05, 0) is 12.1 Å². The summed E-state index contributed by atoms with van der Waals surface area (Å²) >= 11 is 0. The van der Waals surface area contributed by atoms with Crippen molar-refractivity contribution in [2.45, 2.75) is 6.73 Å². The van der Waals surface area contributed by atoms with Crippen molar-refractivity contribution in [3.05, 3.63) is 52.3 Å². The molecule has 0 spiro atoms. The van der Waals surface area contributed by atoms with Crippen LogP contribution in [0.2, 0.25) is 0 Å². The largest absolute Gasteiger partial charge is 0.464 e. The molecule has 1 aromatic carbocycles. The molecular formula is C14H16N4O5. The van der Waals surface area contributed by atoms with E-state index in [1.54, 1.807) is 25.4 Å². The number of carbonyl (C=O) groups is 1. The molecule has 0 aliphatic rings. The normalized spacial score (nSPS) is 10.3. The molecule has 0 aliphatic heterocycles. The Hall–Kier alpha value is -2.94. The van der Waals surface area contributed by atoms with Crippen molar-refractivity contribution in [3.63, 3.8) is 0 Å². The van der Waals surface area contributed by atoms with Crippen molar-refractivity contribution in [2.24, 2.45) is 0 Å². The molecule has 1 heterocycles. The van der Waals surface area contributed by atoms with Crippen LogP contribution < -0.4 is 10.1 Å². The van der Waals surface area contributed by atoms with Crippen LogP contribution >= 0.6 is 0 Å². The highest BCUT2D eigenvalue weighted by Gasteiger charge is 2.14. The lowest BCUT2D eigenvalue weighted by molar-refractivity contribution is -0.386. The summed E-state index contributed by atoms with van der Waals surface area (Å²) in [6.45, 7) is 0.748. The van der Waals surface area contributed by atoms with E-state index in [2.05, 4.69) is 10.4 Å². The van der Waals surface area contributed by atoms with Gasteiger partial charge in [0.2, 0.25) is 0 Å². The molecule has 23 heavy (non-hydrogen) atoms. The van der Waals surface area contributed by atoms with Gasteiger partial charge in [0, 0.05) is 25.9 Å². The fourth-order valence-electron chi connectivity index (χ4n) is 1.78. The maximum absolute atomic E-state index is 11.8. The predicted octanol–water partition coefficient (Wildman–Crippen LogP) is 1.20. The highest BCUT2D eigenvalue weighted by atomic mass is 16.6. The van der Waals surface area contributed by atoms with Gasteiger partial charge in [0.05, 0.1) is 11.5 Å². The van der Waals surface area contributed by atoms with Crippen molar-refractivity contribution in [3.8, 4) is 5.75 Å². The van der Waals surface area contributed by atoms with Crippen LogP contribution in [0.15, 0.2) is 36.5 Å². The molecule has 0 bridgehead atoms. The van der Waals surface area contributed by atoms with Gasteiger partial charge in [0.15, 0.2) is 12.5 Å². The zero-order chi connectivity index (χ0) is 16.7. The third-order valence-corrected chi connectivity index (χ3v) is 2.88. The Morgan fingerprint density at radius 2 is 2.17 bits per heavy atom. The first-order chi connectivity index (χ1) is 11.1. The molecule has 0 saturated carbocycles. The summed E-state index contributed by atoms with van der Waals surface area (Å²) < 4.78 is 11.6. The zero-order valence-electron chi connectivity index (χ0n) is 12.5. The number of methoxy groups -OCH3 is 1. The molecule has 9 heteroatoms. The van der Waals surface area contributed by atoms with Crippen LogP contribution in [-0.4, -0.2) is 40.9 Å². The van der Waals surface area contributed by atoms with Gasteiger partial charge in [-0.25, -0.2) is 4.68 Å². The van der Waals surface area contributed by atoms with E-state index in [1.165, 1.54) is 22.9 Å². The summed E-state index contributed by atoms with van der Waals surface area (Å²) in [5.41, 5.74) is 0.101. The number of amides is 1. The number of carbonyl (C=O) groups excluding carboxylic acids is 1. The van der Waals surface area contributed by atoms with Crippen LogP contribution in [0.25, 0.3) is 0 Å². The quantitative estimate of drug-likeness (QED) is 0.445. The van der Waals surface area contributed by atoms with Gasteiger partial charge in [-0.2, -0.15) is 5.10 Å². The Balaban J connectivity index is 1.95. The second kappa shape index (κ2) is 7.90. The second-order valence-corrected chi connectivity index (χ2v) is 4.49. The van der Waals surface area contributed by atoms with E-state index in [0.717, 1.165) is 0 Å². The van der Waals surface area contributed by atoms with Gasteiger partial charge < -0.3 is 14.8 Å². The minimum absolute atomic E-state index is 0.0454. The van der Waals surface area contributed by atoms with Crippen LogP contribution in [0.1, 0.15) is 10.5 Å². The summed E-state index contributed by atoms with van der Waals surface area (Å²) in [6, 6.07) is 7.58. The van der Waals surface area contributed by atoms with Crippen molar-refractivity contribution in [1.29, 1.82) is 0 Å². The SMILES string of the molecule is COCCNC(=O)c1ccn(COc2ccccc2[N+](=O)[O-])n1. The third kappa shape index (κ3) is 4.51. The zero-order valence-corrected chi connectivity index (χ0v) is 12.5. The highest BCUT2D eigenvalue weighted by molar-refractivity contribution is 5.92. The maximum atomic E-state index is 11.8. The van der Waals surface area contributed by atoms with Crippen molar-refractivity contribution < 1.29 is 19.2 Å². The number of para-hydroxylation sites is 2. The number of benzene rings is 1. The summed E-state index contributed by atoms with van der Waals surface area (Å²) in [6.07, 6.45) is 1.56. The smallest absolute Gasteiger partial charge is 0.311 e. The van der Waals surface area contributed by atoms with Gasteiger partial charge in [-0.15, -0.1) is 0 Å². The van der Waals surface area contributed by atoms with Gasteiger partial charge >= 0.3 is 5.69 Å². The fourth-order valence-corrected chi connectivity index (χ4v) is 1.78. The molecule has 0 atom stereocenters. The molecule has 2 aromatic rings. The topological polar surface area (TPSA) is 109 Å². The maximum Gasteiger partial charge on any atom is 0.311 e. The monoisotopic (exact) mass is 320 g/mol. The Bertz CT molecular complexity index is 685. The van der Waals surface area contributed by atoms with Gasteiger partial charge in [-0.1, -0.05) is 12.1 Å². The highest BCUT2D eigenvalue weighted by Crippen LogP contribution is 2.25. The number of nitro benzene ring substituents is 1. The molecule has 1 amide bonds. The molecule has 122 valence electrons. The van der Waals surface area contributed by atoms with Crippen LogP contribution in [-0.2, 0) is 11.5 Å². The van der Waals surface area contributed by atoms with Crippen LogP contribution in [0.3, 0.4) is 0 Å². The molecule has 2 rings (SSSR count). The van der Waals surface area contributed by atoms with E-state index < -0.39 is 4.92 Å². The van der Waals surface area contributed by atoms with E-state index in [4.69, 9.17) is 9.47 Å². The second-order valence-electron chi connectivity index (χ2n) is 4.49. The first-order valence-corrected chi connectivity index (χ1v) is 6.78. The Morgan fingerprint density at radius 1 is 1.39 bits per heavy atom. The van der Waals surface area contributed by atoms with Gasteiger partial charge in [0.25, 0.3) is 5.91 Å². The van der Waals surface area contributed by atoms with Crippen LogP contribution in [0.4, 0.5) is 5.69 Å². The average Bonchev–Trinajstić information content (AvgIpc) is 3.02. The lowest BCUT2D eigenvalue weighted by atomic mass is 10.3. The van der Waals surface area contributed by atoms with E-state index >= 15 is 0 Å². The lowest BCUT2D eigenvalue weighted by Crippen LogP contribution is -2.27. The number of rotatable bonds is 8. The summed E-state index contributed by atoms with van der Waals surface area (Å²) in [4.78, 5) is 22.1. The minimum atomic E-state index is -0.521. The molecular weight excluding hydrogens is 304 g/mol. The van der Waals surface area contributed by atoms with Crippen molar-refractivity contribution in [1.82, 2.24) is 15.1 Å². The van der Waals surface area contributed by atoms with Crippen molar-refractivity contribution >= 4 is 11.6 Å². The molecule has 0 saturated heterocycles. The summed E-state index contributed by atoms with van der Waals surface area (Å²) in [5.74, 6) is -0.189. The number of hydrogen-bond acceptors (Lipinski definition) is 6. The molecule has 9 nitrogen and oxygen atoms in total. The van der Waals surface area contributed by atoms with Gasteiger partial charge in [0.1, 0.15) is 5.69 Å². The average molecular weight is 320 g/mol. The third-order valence-electron chi connectivity index (χ3n) is 2.88. The Kier molecular flexibility index (Phi) is 5.64. The van der Waals surface area contributed by atoms with Crippen LogP contribution in [0.5, 0.6) is 5.75 Å². The summed E-state index contributed by atoms with van der Waals surface area (Å²) in [5, 5.41) is 17.6. The molecule has 1 N–H and O–H groups in total. The Morgan fingerprint density at radius 3 is 2.91 bits per heavy atom. The number of nitro groups is 1. The van der Waals surface area contributed by atoms with Crippen LogP contribution in [0, 0.1) is 10.1 Å². The number of nitrogens with zero attached hydrogens (tertiary/aromatic N) is 3. The molecule has 0 fully saturated rings. The van der Waals surface area contributed by atoms with E-state index in [1.807, 2.05) is 0 Å². The molecule has 0 radical (unpaired) electrons. The number of ether oxygens (including phenoxy) is 2. The standard InChI is InChI=1S/C14H16N4O5/c1-22-9-7-15-14(19)11-6-8-17(16-11)10-23-13-5-3-2-4-12(13)18(20)21/h2-6,8H,7,9-10H2,1H3,(H,15,19). The first-order valence-electron chi connectivity index (χ1n) is 6.78. The predicted molar refractivity (Wildman–Crippen MR) is 80.2 cm³/mol. The lowest BCUT2D eigenvalue weighted by Gasteiger charge is -2.06. The number of aromatic nitrogens is 2. The summed E-state index contributed by atoms with van der Waals surface area (Å²) in [7, 11) is 1.54. The van der Waals surface area contributed by atoms with E-state index in [-0.39, 0.29) is 29.8 Å². The first kappa shape index (κ1) is 16.4. The number of hydrogen-bond donors (Lipinski definition) is 1.